The fourth-order valence-corrected chi connectivity index (χ4v) is 2.80. The molecule has 0 aliphatic heterocycles. The second kappa shape index (κ2) is 5.00. The van der Waals surface area contributed by atoms with Crippen molar-refractivity contribution in [3.63, 3.8) is 0 Å². The summed E-state index contributed by atoms with van der Waals surface area (Å²) in [5, 5.41) is 0.563. The van der Waals surface area contributed by atoms with Crippen LogP contribution in [-0.2, 0) is 10.0 Å². The lowest BCUT2D eigenvalue weighted by atomic mass is 10.2. The van der Waals surface area contributed by atoms with Crippen LogP contribution in [0.15, 0.2) is 53.4 Å². The highest BCUT2D eigenvalue weighted by molar-refractivity contribution is 7.92. The molecule has 94 valence electrons. The molecule has 5 heteroatoms. The van der Waals surface area contributed by atoms with Gasteiger partial charge in [0.05, 0.1) is 4.90 Å². The van der Waals surface area contributed by atoms with Crippen LogP contribution in [0.1, 0.15) is 5.56 Å². The molecule has 3 nitrogen and oxygen atoms in total. The van der Waals surface area contributed by atoms with Gasteiger partial charge < -0.3 is 0 Å². The van der Waals surface area contributed by atoms with Crippen LogP contribution in [0, 0.1) is 6.92 Å². The molecule has 0 aromatic heterocycles. The van der Waals surface area contributed by atoms with Crippen molar-refractivity contribution in [2.75, 3.05) is 4.72 Å². The molecule has 0 radical (unpaired) electrons. The highest BCUT2D eigenvalue weighted by Gasteiger charge is 2.13. The average Bonchev–Trinajstić information content (AvgIpc) is 2.32. The summed E-state index contributed by atoms with van der Waals surface area (Å²) in [5.74, 6) is 0. The van der Waals surface area contributed by atoms with E-state index < -0.39 is 10.0 Å². The number of aryl methyl sites for hydroxylation is 1. The molecule has 18 heavy (non-hydrogen) atoms. The fourth-order valence-electron chi connectivity index (χ4n) is 1.51. The summed E-state index contributed by atoms with van der Waals surface area (Å²) in [6, 6.07) is 13.3. The zero-order valence-electron chi connectivity index (χ0n) is 9.72. The van der Waals surface area contributed by atoms with Crippen LogP contribution in [0.25, 0.3) is 0 Å². The van der Waals surface area contributed by atoms with E-state index >= 15 is 0 Å². The average molecular weight is 282 g/mol. The summed E-state index contributed by atoms with van der Waals surface area (Å²) >= 11 is 5.74. The molecule has 2 aromatic rings. The topological polar surface area (TPSA) is 46.2 Å². The van der Waals surface area contributed by atoms with Gasteiger partial charge in [0.2, 0.25) is 0 Å². The van der Waals surface area contributed by atoms with E-state index in [1.165, 1.54) is 0 Å². The molecule has 0 unspecified atom stereocenters. The minimum Gasteiger partial charge on any atom is -0.280 e. The quantitative estimate of drug-likeness (QED) is 0.937. The van der Waals surface area contributed by atoms with E-state index in [9.17, 15) is 8.42 Å². The molecule has 0 aliphatic rings. The number of halogens is 1. The first-order valence-electron chi connectivity index (χ1n) is 5.32. The predicted octanol–water partition coefficient (Wildman–Crippen LogP) is 3.45. The van der Waals surface area contributed by atoms with Crippen molar-refractivity contribution in [3.8, 4) is 0 Å². The Labute approximate surface area is 111 Å². The number of rotatable bonds is 3. The third-order valence-electron chi connectivity index (χ3n) is 2.40. The van der Waals surface area contributed by atoms with Crippen molar-refractivity contribution < 1.29 is 8.42 Å². The zero-order chi connectivity index (χ0) is 13.2. The van der Waals surface area contributed by atoms with E-state index in [1.807, 2.05) is 13.0 Å². The van der Waals surface area contributed by atoms with Gasteiger partial charge in [-0.2, -0.15) is 0 Å². The molecular formula is C13H12ClNO2S. The van der Waals surface area contributed by atoms with E-state index in [2.05, 4.69) is 4.72 Å². The van der Waals surface area contributed by atoms with Gasteiger partial charge in [0.15, 0.2) is 0 Å². The Morgan fingerprint density at radius 1 is 1.06 bits per heavy atom. The minimum absolute atomic E-state index is 0.248. The van der Waals surface area contributed by atoms with Crippen molar-refractivity contribution in [1.29, 1.82) is 0 Å². The Morgan fingerprint density at radius 2 is 1.72 bits per heavy atom. The molecule has 0 aliphatic carbocycles. The summed E-state index contributed by atoms with van der Waals surface area (Å²) in [5.41, 5.74) is 1.38. The number of benzene rings is 2. The zero-order valence-corrected chi connectivity index (χ0v) is 11.3. The largest absolute Gasteiger partial charge is 0.280 e. The molecule has 0 atom stereocenters. The highest BCUT2D eigenvalue weighted by Crippen LogP contribution is 2.18. The summed E-state index contributed by atoms with van der Waals surface area (Å²) in [7, 11) is -3.54. The first kappa shape index (κ1) is 12.9. The molecule has 0 saturated heterocycles. The minimum atomic E-state index is -3.54. The summed E-state index contributed by atoms with van der Waals surface area (Å²) in [6.45, 7) is 1.85. The van der Waals surface area contributed by atoms with Crippen LogP contribution in [0.2, 0.25) is 5.02 Å². The SMILES string of the molecule is Cc1cccc(S(=O)(=O)Nc2ccc(Cl)cc2)c1. The van der Waals surface area contributed by atoms with Crippen molar-refractivity contribution in [2.45, 2.75) is 11.8 Å². The van der Waals surface area contributed by atoms with Gasteiger partial charge >= 0.3 is 0 Å². The van der Waals surface area contributed by atoms with Crippen molar-refractivity contribution in [1.82, 2.24) is 0 Å². The van der Waals surface area contributed by atoms with Crippen LogP contribution in [0.3, 0.4) is 0 Å². The van der Waals surface area contributed by atoms with Gasteiger partial charge in [0.25, 0.3) is 10.0 Å². The van der Waals surface area contributed by atoms with Gasteiger partial charge in [-0.1, -0.05) is 23.7 Å². The van der Waals surface area contributed by atoms with Gasteiger partial charge in [-0.15, -0.1) is 0 Å². The van der Waals surface area contributed by atoms with Crippen LogP contribution < -0.4 is 4.72 Å². The van der Waals surface area contributed by atoms with Crippen LogP contribution in [-0.4, -0.2) is 8.42 Å². The summed E-state index contributed by atoms with van der Waals surface area (Å²) < 4.78 is 26.7. The van der Waals surface area contributed by atoms with Gasteiger partial charge in [-0.25, -0.2) is 8.42 Å². The normalized spacial score (nSPS) is 11.2. The van der Waals surface area contributed by atoms with E-state index in [0.29, 0.717) is 10.7 Å². The lowest BCUT2D eigenvalue weighted by Crippen LogP contribution is -2.12. The van der Waals surface area contributed by atoms with E-state index in [-0.39, 0.29) is 4.90 Å². The van der Waals surface area contributed by atoms with Gasteiger partial charge in [0.1, 0.15) is 0 Å². The lowest BCUT2D eigenvalue weighted by molar-refractivity contribution is 0.601. The maximum atomic E-state index is 12.1. The third kappa shape index (κ3) is 3.03. The molecule has 2 rings (SSSR count). The Kier molecular flexibility index (Phi) is 3.59. The molecule has 0 amide bonds. The maximum absolute atomic E-state index is 12.1. The summed E-state index contributed by atoms with van der Waals surface area (Å²) in [6.07, 6.45) is 0. The molecular weight excluding hydrogens is 270 g/mol. The lowest BCUT2D eigenvalue weighted by Gasteiger charge is -2.08. The standard InChI is InChI=1S/C13H12ClNO2S/c1-10-3-2-4-13(9-10)18(16,17)15-12-7-5-11(14)6-8-12/h2-9,15H,1H3. The predicted molar refractivity (Wildman–Crippen MR) is 73.4 cm³/mol. The van der Waals surface area contributed by atoms with Crippen molar-refractivity contribution in [3.05, 3.63) is 59.1 Å². The Bertz CT molecular complexity index is 651. The van der Waals surface area contributed by atoms with E-state index in [1.54, 1.807) is 42.5 Å². The fraction of sp³-hybridized carbons (Fsp3) is 0.0769. The number of hydrogen-bond donors (Lipinski definition) is 1. The molecule has 0 bridgehead atoms. The number of nitrogens with one attached hydrogen (secondary N) is 1. The van der Waals surface area contributed by atoms with Crippen molar-refractivity contribution >= 4 is 27.3 Å². The molecule has 0 heterocycles. The first-order chi connectivity index (χ1) is 8.47. The first-order valence-corrected chi connectivity index (χ1v) is 7.18. The number of hydrogen-bond acceptors (Lipinski definition) is 2. The van der Waals surface area contributed by atoms with Crippen molar-refractivity contribution in [2.24, 2.45) is 0 Å². The van der Waals surface area contributed by atoms with E-state index in [4.69, 9.17) is 11.6 Å². The van der Waals surface area contributed by atoms with E-state index in [0.717, 1.165) is 5.56 Å². The maximum Gasteiger partial charge on any atom is 0.261 e. The second-order valence-electron chi connectivity index (χ2n) is 3.93. The van der Waals surface area contributed by atoms with Crippen LogP contribution in [0.5, 0.6) is 0 Å². The molecule has 0 fully saturated rings. The Balaban J connectivity index is 2.30. The molecule has 0 spiro atoms. The smallest absolute Gasteiger partial charge is 0.261 e. The van der Waals surface area contributed by atoms with Gasteiger partial charge in [-0.3, -0.25) is 4.72 Å². The second-order valence-corrected chi connectivity index (χ2v) is 6.05. The van der Waals surface area contributed by atoms with Crippen LogP contribution in [0.4, 0.5) is 5.69 Å². The Morgan fingerprint density at radius 3 is 2.33 bits per heavy atom. The monoisotopic (exact) mass is 281 g/mol. The molecule has 0 saturated carbocycles. The van der Waals surface area contributed by atoms with Crippen LogP contribution >= 0.6 is 11.6 Å². The third-order valence-corrected chi connectivity index (χ3v) is 4.03. The number of sulfonamides is 1. The van der Waals surface area contributed by atoms with Gasteiger partial charge in [-0.05, 0) is 48.9 Å². The number of anilines is 1. The van der Waals surface area contributed by atoms with Gasteiger partial charge in [0, 0.05) is 10.7 Å². The highest BCUT2D eigenvalue weighted by atomic mass is 35.5. The molecule has 2 aromatic carbocycles. The summed E-state index contributed by atoms with van der Waals surface area (Å²) in [4.78, 5) is 0.248. The Hall–Kier alpha value is -1.52. The molecule has 1 N–H and O–H groups in total.